The predicted octanol–water partition coefficient (Wildman–Crippen LogP) is 2.80. The molecule has 0 aromatic heterocycles. The fraction of sp³-hybridized carbons (Fsp3) is 0.375. The van der Waals surface area contributed by atoms with E-state index in [1.165, 1.54) is 0 Å². The molecule has 0 N–H and O–H groups in total. The third-order valence-corrected chi connectivity index (χ3v) is 0.608. The lowest BCUT2D eigenvalue weighted by molar-refractivity contribution is 1.33. The molecular formula is C8H15N. The minimum Gasteiger partial charge on any atom is -0.269 e. The van der Waals surface area contributed by atoms with Crippen molar-refractivity contribution in [1.29, 1.82) is 0 Å². The monoisotopic (exact) mass is 125 g/mol. The third kappa shape index (κ3) is 11.0. The van der Waals surface area contributed by atoms with Gasteiger partial charge < -0.3 is 0 Å². The molecule has 0 unspecified atom stereocenters. The molecule has 0 bridgehead atoms. The van der Waals surface area contributed by atoms with E-state index in [0.717, 1.165) is 5.70 Å². The number of rotatable bonds is 2. The van der Waals surface area contributed by atoms with Crippen LogP contribution in [-0.4, -0.2) is 6.72 Å². The van der Waals surface area contributed by atoms with Crippen molar-refractivity contribution in [3.8, 4) is 0 Å². The van der Waals surface area contributed by atoms with Crippen LogP contribution >= 0.6 is 0 Å². The molecule has 0 saturated heterocycles. The van der Waals surface area contributed by atoms with E-state index >= 15 is 0 Å². The average molecular weight is 125 g/mol. The van der Waals surface area contributed by atoms with Gasteiger partial charge in [0.25, 0.3) is 0 Å². The number of nitrogens with zero attached hydrogens (tertiary/aromatic N) is 1. The van der Waals surface area contributed by atoms with Crippen LogP contribution in [0.1, 0.15) is 20.8 Å². The van der Waals surface area contributed by atoms with Crippen LogP contribution in [0.15, 0.2) is 29.4 Å². The van der Waals surface area contributed by atoms with Gasteiger partial charge in [0, 0.05) is 5.70 Å². The largest absolute Gasteiger partial charge is 0.269 e. The minimum atomic E-state index is 0.898. The molecule has 0 amide bonds. The van der Waals surface area contributed by atoms with Crippen molar-refractivity contribution in [2.45, 2.75) is 20.8 Å². The molecule has 9 heavy (non-hydrogen) atoms. The van der Waals surface area contributed by atoms with Crippen LogP contribution in [0.2, 0.25) is 0 Å². The maximum atomic E-state index is 3.62. The summed E-state index contributed by atoms with van der Waals surface area (Å²) in [6, 6.07) is 0. The lowest BCUT2D eigenvalue weighted by atomic mass is 10.4. The number of allylic oxidation sites excluding steroid dienone is 3. The Morgan fingerprint density at radius 3 is 2.00 bits per heavy atom. The second kappa shape index (κ2) is 10.2. The number of hydrogen-bond donors (Lipinski definition) is 0. The van der Waals surface area contributed by atoms with Gasteiger partial charge >= 0.3 is 0 Å². The van der Waals surface area contributed by atoms with E-state index in [1.54, 1.807) is 12.2 Å². The predicted molar refractivity (Wildman–Crippen MR) is 44.9 cm³/mol. The highest BCUT2D eigenvalue weighted by molar-refractivity contribution is 5.29. The normalized spacial score (nSPS) is 9.00. The summed E-state index contributed by atoms with van der Waals surface area (Å²) >= 11 is 0. The Hall–Kier alpha value is -0.850. The van der Waals surface area contributed by atoms with Gasteiger partial charge in [0.2, 0.25) is 0 Å². The number of aliphatic imine (C=N–C) groups is 1. The minimum absolute atomic E-state index is 0.898. The van der Waals surface area contributed by atoms with Gasteiger partial charge in [0.15, 0.2) is 0 Å². The molecule has 0 rings (SSSR count). The van der Waals surface area contributed by atoms with Gasteiger partial charge in [-0.2, -0.15) is 0 Å². The molecule has 1 nitrogen and oxygen atoms in total. The van der Waals surface area contributed by atoms with Crippen molar-refractivity contribution < 1.29 is 0 Å². The molecule has 0 atom stereocenters. The van der Waals surface area contributed by atoms with E-state index < -0.39 is 0 Å². The summed E-state index contributed by atoms with van der Waals surface area (Å²) in [5, 5.41) is 0. The van der Waals surface area contributed by atoms with Crippen molar-refractivity contribution in [1.82, 2.24) is 0 Å². The van der Waals surface area contributed by atoms with Gasteiger partial charge in [-0.1, -0.05) is 26.5 Å². The Morgan fingerprint density at radius 2 is 1.89 bits per heavy atom. The van der Waals surface area contributed by atoms with Crippen LogP contribution in [0.25, 0.3) is 0 Å². The first kappa shape index (κ1) is 11.0. The van der Waals surface area contributed by atoms with Crippen molar-refractivity contribution in [3.63, 3.8) is 0 Å². The first-order valence-corrected chi connectivity index (χ1v) is 3.07. The topological polar surface area (TPSA) is 12.4 Å². The SMILES string of the molecule is C=C/C=C(/C)N=C.CC. The van der Waals surface area contributed by atoms with Crippen LogP contribution in [-0.2, 0) is 0 Å². The zero-order valence-electron chi connectivity index (χ0n) is 6.52. The van der Waals surface area contributed by atoms with Gasteiger partial charge in [-0.05, 0) is 19.7 Å². The summed E-state index contributed by atoms with van der Waals surface area (Å²) in [5.74, 6) is 0. The molecule has 0 saturated carbocycles. The summed E-state index contributed by atoms with van der Waals surface area (Å²) in [6.45, 7) is 12.7. The Labute approximate surface area is 57.8 Å². The standard InChI is InChI=1S/C6H9N.C2H6/c1-4-5-6(2)7-3;1-2/h4-5H,1,3H2,2H3;1-2H3/b6-5-;. The molecule has 1 heteroatoms. The molecular weight excluding hydrogens is 110 g/mol. The van der Waals surface area contributed by atoms with Crippen LogP contribution in [0.4, 0.5) is 0 Å². The Kier molecular flexibility index (Phi) is 12.5. The lowest BCUT2D eigenvalue weighted by Gasteiger charge is -1.80. The van der Waals surface area contributed by atoms with Gasteiger partial charge in [0.1, 0.15) is 0 Å². The lowest BCUT2D eigenvalue weighted by Crippen LogP contribution is -1.60. The van der Waals surface area contributed by atoms with Crippen molar-refractivity contribution in [3.05, 3.63) is 24.4 Å². The van der Waals surface area contributed by atoms with Crippen molar-refractivity contribution >= 4 is 6.72 Å². The summed E-state index contributed by atoms with van der Waals surface area (Å²) in [4.78, 5) is 3.62. The molecule has 0 aliphatic carbocycles. The average Bonchev–Trinajstić information content (AvgIpc) is 1.93. The summed E-state index contributed by atoms with van der Waals surface area (Å²) in [7, 11) is 0. The van der Waals surface area contributed by atoms with Gasteiger partial charge in [-0.3, -0.25) is 4.99 Å². The zero-order chi connectivity index (χ0) is 7.70. The summed E-state index contributed by atoms with van der Waals surface area (Å²) in [6.07, 6.45) is 3.48. The Balaban J connectivity index is 0. The molecule has 0 heterocycles. The van der Waals surface area contributed by atoms with E-state index in [0.29, 0.717) is 0 Å². The van der Waals surface area contributed by atoms with E-state index in [1.807, 2.05) is 20.8 Å². The van der Waals surface area contributed by atoms with Crippen LogP contribution < -0.4 is 0 Å². The maximum Gasteiger partial charge on any atom is 0.0365 e. The first-order valence-electron chi connectivity index (χ1n) is 3.07. The van der Waals surface area contributed by atoms with Crippen molar-refractivity contribution in [2.75, 3.05) is 0 Å². The second-order valence-electron chi connectivity index (χ2n) is 1.20. The van der Waals surface area contributed by atoms with Gasteiger partial charge in [-0.15, -0.1) is 0 Å². The maximum absolute atomic E-state index is 3.62. The Morgan fingerprint density at radius 1 is 1.44 bits per heavy atom. The van der Waals surface area contributed by atoms with E-state index in [9.17, 15) is 0 Å². The summed E-state index contributed by atoms with van der Waals surface area (Å²) < 4.78 is 0. The first-order chi connectivity index (χ1) is 4.31. The highest BCUT2D eigenvalue weighted by Gasteiger charge is 1.69. The molecule has 0 fully saturated rings. The molecule has 52 valence electrons. The molecule has 0 aliphatic heterocycles. The molecule has 0 radical (unpaired) electrons. The van der Waals surface area contributed by atoms with E-state index in [4.69, 9.17) is 0 Å². The molecule has 0 spiro atoms. The van der Waals surface area contributed by atoms with Crippen LogP contribution in [0, 0.1) is 0 Å². The van der Waals surface area contributed by atoms with Crippen LogP contribution in [0.5, 0.6) is 0 Å². The fourth-order valence-electron chi connectivity index (χ4n) is 0.223. The summed E-state index contributed by atoms with van der Waals surface area (Å²) in [5.41, 5.74) is 0.898. The van der Waals surface area contributed by atoms with Crippen LogP contribution in [0.3, 0.4) is 0 Å². The second-order valence-corrected chi connectivity index (χ2v) is 1.20. The highest BCUT2D eigenvalue weighted by atomic mass is 14.7. The van der Waals surface area contributed by atoms with Gasteiger partial charge in [-0.25, -0.2) is 0 Å². The highest BCUT2D eigenvalue weighted by Crippen LogP contribution is 1.89. The smallest absolute Gasteiger partial charge is 0.0365 e. The zero-order valence-corrected chi connectivity index (χ0v) is 6.52. The van der Waals surface area contributed by atoms with E-state index in [-0.39, 0.29) is 0 Å². The molecule has 0 aliphatic rings. The number of hydrogen-bond acceptors (Lipinski definition) is 1. The van der Waals surface area contributed by atoms with Crippen molar-refractivity contribution in [2.24, 2.45) is 4.99 Å². The molecule has 0 aromatic rings. The Bertz CT molecular complexity index is 101. The van der Waals surface area contributed by atoms with Gasteiger partial charge in [0.05, 0.1) is 0 Å². The third-order valence-electron chi connectivity index (χ3n) is 0.608. The quantitative estimate of drug-likeness (QED) is 0.397. The van der Waals surface area contributed by atoms with E-state index in [2.05, 4.69) is 18.3 Å². The fourth-order valence-corrected chi connectivity index (χ4v) is 0.223. The molecule has 0 aromatic carbocycles.